The summed E-state index contributed by atoms with van der Waals surface area (Å²) in [5, 5.41) is 3.30. The lowest BCUT2D eigenvalue weighted by Crippen LogP contribution is -2.34. The minimum Gasteiger partial charge on any atom is -0.345 e. The fourth-order valence-corrected chi connectivity index (χ4v) is 2.30. The maximum absolute atomic E-state index is 12.4. The number of carbonyl (C=O) groups excluding carboxylic acids is 1. The van der Waals surface area contributed by atoms with E-state index < -0.39 is 0 Å². The van der Waals surface area contributed by atoms with Gasteiger partial charge in [-0.2, -0.15) is 0 Å². The van der Waals surface area contributed by atoms with Crippen molar-refractivity contribution in [2.75, 3.05) is 26.2 Å². The molecule has 18 heavy (non-hydrogen) atoms. The molecule has 94 valence electrons. The minimum atomic E-state index is 0.107. The van der Waals surface area contributed by atoms with Gasteiger partial charge in [0.05, 0.1) is 17.4 Å². The Bertz CT molecular complexity index is 555. The molecule has 2 aromatic rings. The van der Waals surface area contributed by atoms with E-state index in [4.69, 9.17) is 0 Å². The Morgan fingerprint density at radius 3 is 3.17 bits per heavy atom. The molecule has 1 amide bonds. The monoisotopic (exact) mass is 244 g/mol. The normalized spacial score (nSPS) is 16.8. The third kappa shape index (κ3) is 2.09. The lowest BCUT2D eigenvalue weighted by atomic mass is 10.1. The lowest BCUT2D eigenvalue weighted by molar-refractivity contribution is 0.0766. The van der Waals surface area contributed by atoms with Crippen LogP contribution in [0.2, 0.25) is 0 Å². The number of fused-ring (bicyclic) bond motifs is 1. The van der Waals surface area contributed by atoms with E-state index in [0.717, 1.165) is 49.2 Å². The molecule has 5 heteroatoms. The van der Waals surface area contributed by atoms with Gasteiger partial charge in [-0.3, -0.25) is 4.79 Å². The largest absolute Gasteiger partial charge is 0.345 e. The average Bonchev–Trinajstić information content (AvgIpc) is 2.69. The molecule has 1 fully saturated rings. The molecule has 5 nitrogen and oxygen atoms in total. The molecule has 1 aliphatic rings. The van der Waals surface area contributed by atoms with Gasteiger partial charge < -0.3 is 15.2 Å². The van der Waals surface area contributed by atoms with Gasteiger partial charge in [0.1, 0.15) is 0 Å². The van der Waals surface area contributed by atoms with Crippen molar-refractivity contribution in [3.05, 3.63) is 30.1 Å². The summed E-state index contributed by atoms with van der Waals surface area (Å²) in [6.07, 6.45) is 2.66. The van der Waals surface area contributed by atoms with E-state index in [1.807, 2.05) is 23.1 Å². The minimum absolute atomic E-state index is 0.107. The molecule has 0 saturated carbocycles. The number of aromatic nitrogens is 2. The van der Waals surface area contributed by atoms with E-state index in [0.29, 0.717) is 0 Å². The van der Waals surface area contributed by atoms with Crippen LogP contribution < -0.4 is 5.32 Å². The highest BCUT2D eigenvalue weighted by Gasteiger charge is 2.17. The Labute approximate surface area is 105 Å². The molecular formula is C13H16N4O. The first-order chi connectivity index (χ1) is 8.84. The molecule has 1 aromatic heterocycles. The number of nitrogens with zero attached hydrogens (tertiary/aromatic N) is 2. The number of hydrogen-bond donors (Lipinski definition) is 2. The van der Waals surface area contributed by atoms with Crippen LogP contribution in [-0.2, 0) is 0 Å². The first-order valence-electron chi connectivity index (χ1n) is 6.28. The Balaban J connectivity index is 1.85. The predicted octanol–water partition coefficient (Wildman–Crippen LogP) is 0.998. The number of carbonyl (C=O) groups is 1. The van der Waals surface area contributed by atoms with Crippen molar-refractivity contribution in [3.8, 4) is 0 Å². The molecule has 0 spiro atoms. The first-order valence-corrected chi connectivity index (χ1v) is 6.28. The second-order valence-corrected chi connectivity index (χ2v) is 4.53. The van der Waals surface area contributed by atoms with Crippen LogP contribution in [0.15, 0.2) is 24.5 Å². The number of imidazole rings is 1. The molecule has 0 aliphatic carbocycles. The van der Waals surface area contributed by atoms with Gasteiger partial charge >= 0.3 is 0 Å². The molecule has 2 N–H and O–H groups in total. The summed E-state index contributed by atoms with van der Waals surface area (Å²) in [5.74, 6) is 0.107. The van der Waals surface area contributed by atoms with Gasteiger partial charge in [-0.15, -0.1) is 0 Å². The van der Waals surface area contributed by atoms with Crippen LogP contribution in [0.4, 0.5) is 0 Å². The van der Waals surface area contributed by atoms with E-state index in [2.05, 4.69) is 15.3 Å². The van der Waals surface area contributed by atoms with Crippen LogP contribution in [0, 0.1) is 0 Å². The second kappa shape index (κ2) is 4.78. The molecule has 1 aromatic carbocycles. The Morgan fingerprint density at radius 1 is 1.28 bits per heavy atom. The lowest BCUT2D eigenvalue weighted by Gasteiger charge is -2.19. The van der Waals surface area contributed by atoms with Gasteiger partial charge in [-0.05, 0) is 31.2 Å². The fourth-order valence-electron chi connectivity index (χ4n) is 2.30. The van der Waals surface area contributed by atoms with Gasteiger partial charge in [0.2, 0.25) is 0 Å². The number of benzene rings is 1. The van der Waals surface area contributed by atoms with Crippen LogP contribution in [0.3, 0.4) is 0 Å². The first kappa shape index (κ1) is 11.2. The van der Waals surface area contributed by atoms with Crippen molar-refractivity contribution >= 4 is 16.9 Å². The molecule has 0 radical (unpaired) electrons. The van der Waals surface area contributed by atoms with E-state index in [1.54, 1.807) is 6.33 Å². The summed E-state index contributed by atoms with van der Waals surface area (Å²) in [5.41, 5.74) is 2.53. The second-order valence-electron chi connectivity index (χ2n) is 4.53. The van der Waals surface area contributed by atoms with Crippen molar-refractivity contribution in [1.82, 2.24) is 20.2 Å². The molecule has 3 rings (SSSR count). The van der Waals surface area contributed by atoms with Crippen LogP contribution >= 0.6 is 0 Å². The maximum Gasteiger partial charge on any atom is 0.253 e. The fraction of sp³-hybridized carbons (Fsp3) is 0.385. The number of rotatable bonds is 1. The molecule has 1 saturated heterocycles. The van der Waals surface area contributed by atoms with Gasteiger partial charge in [-0.25, -0.2) is 4.98 Å². The quantitative estimate of drug-likeness (QED) is 0.786. The number of hydrogen-bond acceptors (Lipinski definition) is 3. The average molecular weight is 244 g/mol. The van der Waals surface area contributed by atoms with Gasteiger partial charge in [0.25, 0.3) is 5.91 Å². The van der Waals surface area contributed by atoms with E-state index in [9.17, 15) is 4.79 Å². The summed E-state index contributed by atoms with van der Waals surface area (Å²) >= 11 is 0. The SMILES string of the molecule is O=C(c1ccc2nc[nH]c2c1)N1CCCNCC1. The van der Waals surface area contributed by atoms with Crippen LogP contribution in [0.1, 0.15) is 16.8 Å². The highest BCUT2D eigenvalue weighted by molar-refractivity contribution is 5.97. The number of amides is 1. The number of nitrogens with one attached hydrogen (secondary N) is 2. The van der Waals surface area contributed by atoms with Crippen LogP contribution in [-0.4, -0.2) is 47.0 Å². The highest BCUT2D eigenvalue weighted by atomic mass is 16.2. The van der Waals surface area contributed by atoms with Crippen molar-refractivity contribution in [2.24, 2.45) is 0 Å². The summed E-state index contributed by atoms with van der Waals surface area (Å²) < 4.78 is 0. The van der Waals surface area contributed by atoms with Crippen LogP contribution in [0.25, 0.3) is 11.0 Å². The molecule has 0 bridgehead atoms. The zero-order valence-corrected chi connectivity index (χ0v) is 10.1. The molecular weight excluding hydrogens is 228 g/mol. The molecule has 0 unspecified atom stereocenters. The maximum atomic E-state index is 12.4. The van der Waals surface area contributed by atoms with Gasteiger partial charge in [-0.1, -0.05) is 0 Å². The van der Waals surface area contributed by atoms with Gasteiger partial charge in [0, 0.05) is 25.2 Å². The summed E-state index contributed by atoms with van der Waals surface area (Å²) in [6, 6.07) is 5.61. The third-order valence-corrected chi connectivity index (χ3v) is 3.29. The Morgan fingerprint density at radius 2 is 2.22 bits per heavy atom. The molecule has 1 aliphatic heterocycles. The van der Waals surface area contributed by atoms with Crippen molar-refractivity contribution < 1.29 is 4.79 Å². The van der Waals surface area contributed by atoms with Crippen molar-refractivity contribution in [1.29, 1.82) is 0 Å². The topological polar surface area (TPSA) is 61.0 Å². The van der Waals surface area contributed by atoms with Gasteiger partial charge in [0.15, 0.2) is 0 Å². The molecule has 0 atom stereocenters. The number of aromatic amines is 1. The standard InChI is InChI=1S/C13H16N4O/c18-13(17-6-1-4-14-5-7-17)10-2-3-11-12(8-10)16-9-15-11/h2-3,8-9,14H,1,4-7H2,(H,15,16). The number of H-pyrrole nitrogens is 1. The summed E-state index contributed by atoms with van der Waals surface area (Å²) in [6.45, 7) is 3.47. The Hall–Kier alpha value is -1.88. The Kier molecular flexibility index (Phi) is 2.98. The summed E-state index contributed by atoms with van der Waals surface area (Å²) in [7, 11) is 0. The van der Waals surface area contributed by atoms with Crippen molar-refractivity contribution in [3.63, 3.8) is 0 Å². The zero-order chi connectivity index (χ0) is 12.4. The predicted molar refractivity (Wildman–Crippen MR) is 69.5 cm³/mol. The third-order valence-electron chi connectivity index (χ3n) is 3.29. The zero-order valence-electron chi connectivity index (χ0n) is 10.1. The molecule has 2 heterocycles. The van der Waals surface area contributed by atoms with E-state index >= 15 is 0 Å². The smallest absolute Gasteiger partial charge is 0.253 e. The van der Waals surface area contributed by atoms with Crippen LogP contribution in [0.5, 0.6) is 0 Å². The summed E-state index contributed by atoms with van der Waals surface area (Å²) in [4.78, 5) is 21.5. The van der Waals surface area contributed by atoms with E-state index in [-0.39, 0.29) is 5.91 Å². The van der Waals surface area contributed by atoms with Crippen molar-refractivity contribution in [2.45, 2.75) is 6.42 Å². The van der Waals surface area contributed by atoms with E-state index in [1.165, 1.54) is 0 Å². The highest BCUT2D eigenvalue weighted by Crippen LogP contribution is 2.14.